The second-order valence-corrected chi connectivity index (χ2v) is 6.58. The molecule has 1 aromatic heterocycles. The van der Waals surface area contributed by atoms with Crippen LogP contribution in [0.15, 0.2) is 23.2 Å². The molecule has 5 nitrogen and oxygen atoms in total. The molecule has 1 fully saturated rings. The minimum absolute atomic E-state index is 0.0969. The van der Waals surface area contributed by atoms with Crippen LogP contribution in [0.1, 0.15) is 33.1 Å². The Morgan fingerprint density at radius 2 is 2.21 bits per heavy atom. The van der Waals surface area contributed by atoms with Gasteiger partial charge in [0.15, 0.2) is 0 Å². The van der Waals surface area contributed by atoms with Gasteiger partial charge in [-0.05, 0) is 37.8 Å². The molecule has 1 aliphatic carbocycles. The van der Waals surface area contributed by atoms with Crippen molar-refractivity contribution in [3.63, 3.8) is 0 Å². The number of hydrogen-bond donors (Lipinski definition) is 2. The number of pyridine rings is 1. The molecular formula is C13H21N3O2S. The second-order valence-electron chi connectivity index (χ2n) is 4.89. The molecule has 1 aliphatic rings. The fourth-order valence-corrected chi connectivity index (χ4v) is 3.70. The molecule has 0 spiro atoms. The van der Waals surface area contributed by atoms with Crippen LogP contribution < -0.4 is 10.0 Å². The highest BCUT2D eigenvalue weighted by Gasteiger charge is 2.39. The third-order valence-electron chi connectivity index (χ3n) is 3.29. The molecule has 106 valence electrons. The number of aromatic nitrogens is 1. The van der Waals surface area contributed by atoms with Gasteiger partial charge in [-0.25, -0.2) is 18.1 Å². The smallest absolute Gasteiger partial charge is 0.244 e. The monoisotopic (exact) mass is 283 g/mol. The highest BCUT2D eigenvalue weighted by Crippen LogP contribution is 2.36. The molecule has 0 radical (unpaired) electrons. The van der Waals surface area contributed by atoms with Gasteiger partial charge in [-0.15, -0.1) is 0 Å². The Bertz CT molecular complexity index is 530. The lowest BCUT2D eigenvalue weighted by Crippen LogP contribution is -2.28. The van der Waals surface area contributed by atoms with Gasteiger partial charge in [0.05, 0.1) is 0 Å². The predicted molar refractivity (Wildman–Crippen MR) is 75.5 cm³/mol. The maximum atomic E-state index is 12.3. The molecule has 1 heterocycles. The summed E-state index contributed by atoms with van der Waals surface area (Å²) in [5.41, 5.74) is 0. The molecule has 2 atom stereocenters. The third-order valence-corrected chi connectivity index (χ3v) is 4.81. The Hall–Kier alpha value is -1.14. The zero-order chi connectivity index (χ0) is 13.9. The molecular weight excluding hydrogens is 262 g/mol. The predicted octanol–water partition coefficient (Wildman–Crippen LogP) is 1.98. The van der Waals surface area contributed by atoms with Crippen LogP contribution in [-0.2, 0) is 10.0 Å². The fraction of sp³-hybridized carbons (Fsp3) is 0.615. The van der Waals surface area contributed by atoms with Crippen LogP contribution >= 0.6 is 0 Å². The summed E-state index contributed by atoms with van der Waals surface area (Å²) in [6.07, 6.45) is 4.72. The molecule has 0 saturated heterocycles. The molecule has 2 unspecified atom stereocenters. The topological polar surface area (TPSA) is 71.1 Å². The van der Waals surface area contributed by atoms with E-state index in [0.29, 0.717) is 18.3 Å². The van der Waals surface area contributed by atoms with E-state index in [9.17, 15) is 8.42 Å². The average Bonchev–Trinajstić information content (AvgIpc) is 3.08. The molecule has 1 saturated carbocycles. The first-order valence-electron chi connectivity index (χ1n) is 6.79. The van der Waals surface area contributed by atoms with Crippen molar-refractivity contribution >= 4 is 15.8 Å². The van der Waals surface area contributed by atoms with Gasteiger partial charge in [0.2, 0.25) is 10.0 Å². The van der Waals surface area contributed by atoms with Gasteiger partial charge in [0.25, 0.3) is 0 Å². The molecule has 0 bridgehead atoms. The van der Waals surface area contributed by atoms with Crippen LogP contribution in [-0.4, -0.2) is 26.0 Å². The van der Waals surface area contributed by atoms with Crippen molar-refractivity contribution in [2.75, 3.05) is 11.9 Å². The van der Waals surface area contributed by atoms with E-state index in [4.69, 9.17) is 0 Å². The van der Waals surface area contributed by atoms with Gasteiger partial charge in [0, 0.05) is 18.8 Å². The summed E-state index contributed by atoms with van der Waals surface area (Å²) in [4.78, 5) is 4.32. The molecule has 19 heavy (non-hydrogen) atoms. The third kappa shape index (κ3) is 3.45. The van der Waals surface area contributed by atoms with Crippen LogP contribution in [0.25, 0.3) is 0 Å². The van der Waals surface area contributed by atoms with Crippen molar-refractivity contribution < 1.29 is 8.42 Å². The average molecular weight is 283 g/mol. The number of nitrogens with zero attached hydrogens (tertiary/aromatic N) is 1. The Balaban J connectivity index is 2.12. The highest BCUT2D eigenvalue weighted by molar-refractivity contribution is 7.89. The van der Waals surface area contributed by atoms with E-state index < -0.39 is 10.0 Å². The fourth-order valence-electron chi connectivity index (χ4n) is 2.25. The number of hydrogen-bond acceptors (Lipinski definition) is 4. The van der Waals surface area contributed by atoms with Crippen molar-refractivity contribution in [3.05, 3.63) is 18.3 Å². The van der Waals surface area contributed by atoms with E-state index in [0.717, 1.165) is 19.3 Å². The van der Waals surface area contributed by atoms with E-state index >= 15 is 0 Å². The van der Waals surface area contributed by atoms with Crippen LogP contribution in [0.4, 0.5) is 5.82 Å². The summed E-state index contributed by atoms with van der Waals surface area (Å²) < 4.78 is 27.4. The molecule has 2 rings (SSSR count). The van der Waals surface area contributed by atoms with Crippen molar-refractivity contribution in [2.45, 2.75) is 44.0 Å². The molecule has 1 aromatic rings. The quantitative estimate of drug-likeness (QED) is 0.802. The van der Waals surface area contributed by atoms with Gasteiger partial charge in [-0.1, -0.05) is 13.3 Å². The Morgan fingerprint density at radius 3 is 2.89 bits per heavy atom. The molecule has 0 amide bonds. The molecule has 0 aromatic carbocycles. The first kappa shape index (κ1) is 14.3. The minimum Gasteiger partial charge on any atom is -0.369 e. The SMILES string of the molecule is CCCC1CC1NS(=O)(=O)c1cccnc1NCC. The summed E-state index contributed by atoms with van der Waals surface area (Å²) >= 11 is 0. The van der Waals surface area contributed by atoms with E-state index in [2.05, 4.69) is 21.9 Å². The lowest BCUT2D eigenvalue weighted by Gasteiger charge is -2.11. The van der Waals surface area contributed by atoms with Crippen molar-refractivity contribution in [2.24, 2.45) is 5.92 Å². The lowest BCUT2D eigenvalue weighted by atomic mass is 10.2. The van der Waals surface area contributed by atoms with E-state index in [1.807, 2.05) is 6.92 Å². The van der Waals surface area contributed by atoms with Crippen molar-refractivity contribution in [3.8, 4) is 0 Å². The number of nitrogens with one attached hydrogen (secondary N) is 2. The summed E-state index contributed by atoms with van der Waals surface area (Å²) in [5.74, 6) is 0.921. The highest BCUT2D eigenvalue weighted by atomic mass is 32.2. The number of rotatable bonds is 7. The van der Waals surface area contributed by atoms with E-state index in [1.165, 1.54) is 0 Å². The molecule has 6 heteroatoms. The Kier molecular flexibility index (Phi) is 4.42. The number of sulfonamides is 1. The largest absolute Gasteiger partial charge is 0.369 e. The van der Waals surface area contributed by atoms with Crippen LogP contribution in [0.3, 0.4) is 0 Å². The summed E-state index contributed by atoms with van der Waals surface area (Å²) in [5, 5.41) is 2.98. The van der Waals surface area contributed by atoms with Crippen LogP contribution in [0.2, 0.25) is 0 Å². The Morgan fingerprint density at radius 1 is 1.42 bits per heavy atom. The van der Waals surface area contributed by atoms with E-state index in [1.54, 1.807) is 18.3 Å². The lowest BCUT2D eigenvalue weighted by molar-refractivity contribution is 0.573. The summed E-state index contributed by atoms with van der Waals surface area (Å²) in [7, 11) is -3.48. The maximum absolute atomic E-state index is 12.3. The first-order valence-corrected chi connectivity index (χ1v) is 8.28. The molecule has 2 N–H and O–H groups in total. The van der Waals surface area contributed by atoms with Gasteiger partial charge >= 0.3 is 0 Å². The van der Waals surface area contributed by atoms with E-state index in [-0.39, 0.29) is 10.9 Å². The van der Waals surface area contributed by atoms with Gasteiger partial charge in [0.1, 0.15) is 10.7 Å². The zero-order valence-electron chi connectivity index (χ0n) is 11.4. The summed E-state index contributed by atoms with van der Waals surface area (Å²) in [6, 6.07) is 3.33. The van der Waals surface area contributed by atoms with Crippen molar-refractivity contribution in [1.82, 2.24) is 9.71 Å². The normalized spacial score (nSPS) is 22.2. The number of anilines is 1. The van der Waals surface area contributed by atoms with Gasteiger partial charge in [-0.2, -0.15) is 0 Å². The molecule has 0 aliphatic heterocycles. The Labute approximate surface area is 114 Å². The van der Waals surface area contributed by atoms with Crippen LogP contribution in [0.5, 0.6) is 0 Å². The second kappa shape index (κ2) is 5.88. The maximum Gasteiger partial charge on any atom is 0.244 e. The standard InChI is InChI=1S/C13H21N3O2S/c1-3-6-10-9-11(10)16-19(17,18)12-7-5-8-15-13(12)14-4-2/h5,7-8,10-11,16H,3-4,6,9H2,1-2H3,(H,14,15). The van der Waals surface area contributed by atoms with Gasteiger partial charge < -0.3 is 5.32 Å². The zero-order valence-corrected chi connectivity index (χ0v) is 12.2. The van der Waals surface area contributed by atoms with Crippen LogP contribution in [0, 0.1) is 5.92 Å². The first-order chi connectivity index (χ1) is 9.08. The minimum atomic E-state index is -3.48. The van der Waals surface area contributed by atoms with Gasteiger partial charge in [-0.3, -0.25) is 0 Å². The van der Waals surface area contributed by atoms with Crippen molar-refractivity contribution in [1.29, 1.82) is 0 Å². The summed E-state index contributed by atoms with van der Waals surface area (Å²) in [6.45, 7) is 4.67.